The molecule has 2 aliphatic rings. The van der Waals surface area contributed by atoms with Crippen molar-refractivity contribution in [1.29, 1.82) is 0 Å². The van der Waals surface area contributed by atoms with Gasteiger partial charge in [0.25, 0.3) is 5.91 Å². The fourth-order valence-electron chi connectivity index (χ4n) is 5.11. The molecule has 2 fully saturated rings. The zero-order valence-corrected chi connectivity index (χ0v) is 19.5. The molecule has 1 amide bonds. The van der Waals surface area contributed by atoms with Gasteiger partial charge in [0.05, 0.1) is 5.52 Å². The summed E-state index contributed by atoms with van der Waals surface area (Å²) in [4.78, 5) is 31.2. The molecule has 2 aliphatic heterocycles. The number of fused-ring (bicyclic) bond motifs is 2. The topological polar surface area (TPSA) is 78.8 Å². The van der Waals surface area contributed by atoms with Gasteiger partial charge in [-0.25, -0.2) is 4.79 Å². The maximum Gasteiger partial charge on any atom is 0.573 e. The summed E-state index contributed by atoms with van der Waals surface area (Å²) in [5.74, 6) is 0.0608. The zero-order valence-electron chi connectivity index (χ0n) is 19.5. The molecule has 2 atom stereocenters. The van der Waals surface area contributed by atoms with Gasteiger partial charge in [0, 0.05) is 31.7 Å². The third kappa shape index (κ3) is 5.58. The minimum atomic E-state index is -4.69. The van der Waals surface area contributed by atoms with E-state index in [-0.39, 0.29) is 11.7 Å². The van der Waals surface area contributed by atoms with Crippen LogP contribution in [-0.2, 0) is 6.42 Å². The summed E-state index contributed by atoms with van der Waals surface area (Å²) in [5.41, 5.74) is 2.37. The van der Waals surface area contributed by atoms with Crippen LogP contribution in [-0.4, -0.2) is 53.2 Å². The summed E-state index contributed by atoms with van der Waals surface area (Å²) in [6, 6.07) is 10.9. The zero-order chi connectivity index (χ0) is 25.3. The molecular formula is C26H26F3N3O4. The van der Waals surface area contributed by atoms with Crippen molar-refractivity contribution < 1.29 is 27.1 Å². The Bertz CT molecular complexity index is 1300. The molecule has 7 nitrogen and oxygen atoms in total. The number of nitrogens with zero attached hydrogens (tertiary/aromatic N) is 2. The number of carbonyl (C=O) groups excluding carboxylic acids is 1. The van der Waals surface area contributed by atoms with E-state index in [0.717, 1.165) is 31.5 Å². The van der Waals surface area contributed by atoms with Gasteiger partial charge in [0.2, 0.25) is 0 Å². The van der Waals surface area contributed by atoms with Crippen LogP contribution in [0.25, 0.3) is 11.1 Å². The molecule has 10 heteroatoms. The van der Waals surface area contributed by atoms with Crippen molar-refractivity contribution in [1.82, 2.24) is 14.8 Å². The summed E-state index contributed by atoms with van der Waals surface area (Å²) >= 11 is 0. The van der Waals surface area contributed by atoms with Gasteiger partial charge in [-0.1, -0.05) is 18.2 Å². The normalized spacial score (nSPS) is 20.6. The Morgan fingerprint density at radius 1 is 1.08 bits per heavy atom. The SMILES string of the molecule is O=C(c1ccc2[nH]c(=O)oc2c1)N1C[C@H]2CCN(/C=C/Cc3ccc(OC(F)(F)F)cc3)CC[C@H]2C1. The number of aromatic nitrogens is 1. The predicted octanol–water partition coefficient (Wildman–Crippen LogP) is 4.56. The second-order valence-electron chi connectivity index (χ2n) is 9.35. The van der Waals surface area contributed by atoms with E-state index in [1.807, 2.05) is 11.0 Å². The summed E-state index contributed by atoms with van der Waals surface area (Å²) in [6.07, 6.45) is 1.97. The highest BCUT2D eigenvalue weighted by Crippen LogP contribution is 2.33. The van der Waals surface area contributed by atoms with Crippen LogP contribution in [0.2, 0.25) is 0 Å². The molecule has 0 spiro atoms. The summed E-state index contributed by atoms with van der Waals surface area (Å²) < 4.78 is 45.9. The van der Waals surface area contributed by atoms with Gasteiger partial charge in [-0.3, -0.25) is 9.78 Å². The lowest BCUT2D eigenvalue weighted by Crippen LogP contribution is -2.30. The van der Waals surface area contributed by atoms with Gasteiger partial charge >= 0.3 is 12.1 Å². The number of benzene rings is 2. The number of carbonyl (C=O) groups is 1. The number of alkyl halides is 3. The maximum absolute atomic E-state index is 13.1. The predicted molar refractivity (Wildman–Crippen MR) is 126 cm³/mol. The highest BCUT2D eigenvalue weighted by molar-refractivity contribution is 5.97. The van der Waals surface area contributed by atoms with Crippen LogP contribution < -0.4 is 10.5 Å². The molecular weight excluding hydrogens is 475 g/mol. The minimum Gasteiger partial charge on any atom is -0.408 e. The van der Waals surface area contributed by atoms with Crippen molar-refractivity contribution in [3.8, 4) is 5.75 Å². The highest BCUT2D eigenvalue weighted by Gasteiger charge is 2.37. The third-order valence-electron chi connectivity index (χ3n) is 6.93. The Hall–Kier alpha value is -3.69. The average Bonchev–Trinajstić information content (AvgIpc) is 3.36. The molecule has 1 aromatic heterocycles. The lowest BCUT2D eigenvalue weighted by atomic mass is 9.92. The standard InChI is InChI=1S/C26H26F3N3O4/c27-26(28,29)36-21-6-3-17(4-7-21)2-1-11-31-12-9-19-15-32(16-20(19)10-13-31)24(33)18-5-8-22-23(14-18)35-25(34)30-22/h1,3-8,11,14,19-20H,2,9-10,12-13,15-16H2,(H,30,34)/b11-1+/t19-,20+. The number of ether oxygens (including phenoxy) is 1. The van der Waals surface area contributed by atoms with Crippen LogP contribution in [0.1, 0.15) is 28.8 Å². The van der Waals surface area contributed by atoms with Gasteiger partial charge in [-0.2, -0.15) is 0 Å². The van der Waals surface area contributed by atoms with Crippen molar-refractivity contribution in [2.75, 3.05) is 26.2 Å². The van der Waals surface area contributed by atoms with Crippen molar-refractivity contribution in [2.45, 2.75) is 25.6 Å². The molecule has 1 N–H and O–H groups in total. The van der Waals surface area contributed by atoms with Crippen LogP contribution in [0.4, 0.5) is 13.2 Å². The van der Waals surface area contributed by atoms with Crippen molar-refractivity contribution in [2.24, 2.45) is 11.8 Å². The van der Waals surface area contributed by atoms with E-state index in [0.29, 0.717) is 48.0 Å². The molecule has 36 heavy (non-hydrogen) atoms. The molecule has 0 bridgehead atoms. The third-order valence-corrected chi connectivity index (χ3v) is 6.93. The first kappa shape index (κ1) is 24.0. The molecule has 0 unspecified atom stereocenters. The van der Waals surface area contributed by atoms with E-state index in [1.165, 1.54) is 12.1 Å². The number of hydrogen-bond donors (Lipinski definition) is 1. The number of oxazole rings is 1. The quantitative estimate of drug-likeness (QED) is 0.555. The molecule has 0 aliphatic carbocycles. The fraction of sp³-hybridized carbons (Fsp3) is 0.385. The number of H-pyrrole nitrogens is 1. The van der Waals surface area contributed by atoms with E-state index >= 15 is 0 Å². The van der Waals surface area contributed by atoms with E-state index in [2.05, 4.69) is 20.8 Å². The first-order valence-electron chi connectivity index (χ1n) is 11.9. The largest absolute Gasteiger partial charge is 0.573 e. The Morgan fingerprint density at radius 2 is 1.78 bits per heavy atom. The van der Waals surface area contributed by atoms with Crippen LogP contribution in [0.15, 0.2) is 64.0 Å². The molecule has 2 saturated heterocycles. The number of nitrogens with one attached hydrogen (secondary N) is 1. The number of likely N-dealkylation sites (tertiary alicyclic amines) is 2. The Labute approximate surface area is 205 Å². The van der Waals surface area contributed by atoms with Gasteiger partial charge in [0.15, 0.2) is 5.58 Å². The average molecular weight is 502 g/mol. The van der Waals surface area contributed by atoms with Crippen LogP contribution >= 0.6 is 0 Å². The lowest BCUT2D eigenvalue weighted by molar-refractivity contribution is -0.274. The van der Waals surface area contributed by atoms with Crippen LogP contribution in [0, 0.1) is 11.8 Å². The number of halogens is 3. The number of allylic oxidation sites excluding steroid dienone is 1. The Morgan fingerprint density at radius 3 is 2.44 bits per heavy atom. The maximum atomic E-state index is 13.1. The van der Waals surface area contributed by atoms with Gasteiger partial charge in [-0.05, 0) is 73.2 Å². The smallest absolute Gasteiger partial charge is 0.408 e. The first-order chi connectivity index (χ1) is 17.2. The second kappa shape index (κ2) is 9.75. The first-order valence-corrected chi connectivity index (χ1v) is 11.9. The van der Waals surface area contributed by atoms with Crippen molar-refractivity contribution in [3.05, 3.63) is 76.4 Å². The van der Waals surface area contributed by atoms with Gasteiger partial charge < -0.3 is 19.0 Å². The molecule has 3 aromatic rings. The lowest BCUT2D eigenvalue weighted by Gasteiger charge is -2.20. The minimum absolute atomic E-state index is 0.0442. The fourth-order valence-corrected chi connectivity index (χ4v) is 5.11. The number of hydrogen-bond acceptors (Lipinski definition) is 5. The van der Waals surface area contributed by atoms with Crippen molar-refractivity contribution >= 4 is 17.0 Å². The van der Waals surface area contributed by atoms with E-state index in [4.69, 9.17) is 4.42 Å². The van der Waals surface area contributed by atoms with E-state index < -0.39 is 12.1 Å². The number of rotatable bonds is 5. The van der Waals surface area contributed by atoms with Gasteiger partial charge in [-0.15, -0.1) is 13.2 Å². The molecule has 190 valence electrons. The molecule has 0 radical (unpaired) electrons. The van der Waals surface area contributed by atoms with Crippen LogP contribution in [0.5, 0.6) is 5.75 Å². The monoisotopic (exact) mass is 501 g/mol. The van der Waals surface area contributed by atoms with Crippen molar-refractivity contribution in [3.63, 3.8) is 0 Å². The Kier molecular flexibility index (Phi) is 6.51. The second-order valence-corrected chi connectivity index (χ2v) is 9.35. The van der Waals surface area contributed by atoms with Gasteiger partial charge in [0.1, 0.15) is 5.75 Å². The summed E-state index contributed by atoms with van der Waals surface area (Å²) in [7, 11) is 0. The van der Waals surface area contributed by atoms with E-state index in [9.17, 15) is 22.8 Å². The molecule has 2 aromatic carbocycles. The Balaban J connectivity index is 1.12. The highest BCUT2D eigenvalue weighted by atomic mass is 19.4. The summed E-state index contributed by atoms with van der Waals surface area (Å²) in [6.45, 7) is 3.20. The van der Waals surface area contributed by atoms with Crippen LogP contribution in [0.3, 0.4) is 0 Å². The molecule has 5 rings (SSSR count). The number of aromatic amines is 1. The molecule has 3 heterocycles. The molecule has 0 saturated carbocycles. The van der Waals surface area contributed by atoms with E-state index in [1.54, 1.807) is 30.3 Å². The number of amides is 1. The summed E-state index contributed by atoms with van der Waals surface area (Å²) in [5, 5.41) is 0.